The number of hydrogen-bond acceptors (Lipinski definition) is 4. The van der Waals surface area contributed by atoms with Crippen molar-refractivity contribution in [2.75, 3.05) is 13.1 Å². The summed E-state index contributed by atoms with van der Waals surface area (Å²) in [6, 6.07) is 0.594. The zero-order chi connectivity index (χ0) is 13.8. The molecule has 0 aliphatic carbocycles. The van der Waals surface area contributed by atoms with E-state index in [0.717, 1.165) is 31.8 Å². The van der Waals surface area contributed by atoms with Crippen LogP contribution in [0, 0.1) is 0 Å². The molecular formula is C14H22N2O3. The van der Waals surface area contributed by atoms with E-state index in [-0.39, 0.29) is 6.42 Å². The van der Waals surface area contributed by atoms with E-state index in [1.54, 1.807) is 6.20 Å². The standard InChI is InChI=1S/C14H22N2O3/c1-10(2)16-7-5-11(6-8-16)14-15-9-12(19-14)3-4-13(17)18/h9-11H,3-8H2,1-2H3,(H,17,18). The minimum atomic E-state index is -0.803. The van der Waals surface area contributed by atoms with Gasteiger partial charge in [-0.2, -0.15) is 0 Å². The molecule has 1 N–H and O–H groups in total. The van der Waals surface area contributed by atoms with Crippen molar-refractivity contribution in [2.24, 2.45) is 0 Å². The summed E-state index contributed by atoms with van der Waals surface area (Å²) in [4.78, 5) is 17.3. The van der Waals surface area contributed by atoms with E-state index in [0.29, 0.717) is 24.1 Å². The second-order valence-electron chi connectivity index (χ2n) is 5.46. The number of nitrogens with zero attached hydrogens (tertiary/aromatic N) is 2. The monoisotopic (exact) mass is 266 g/mol. The highest BCUT2D eigenvalue weighted by Gasteiger charge is 2.25. The molecule has 0 unspecified atom stereocenters. The van der Waals surface area contributed by atoms with Crippen molar-refractivity contribution in [1.29, 1.82) is 0 Å². The second-order valence-corrected chi connectivity index (χ2v) is 5.46. The van der Waals surface area contributed by atoms with Crippen LogP contribution >= 0.6 is 0 Å². The van der Waals surface area contributed by atoms with E-state index < -0.39 is 5.97 Å². The number of aliphatic carboxylic acids is 1. The highest BCUT2D eigenvalue weighted by molar-refractivity contribution is 5.66. The summed E-state index contributed by atoms with van der Waals surface area (Å²) >= 11 is 0. The van der Waals surface area contributed by atoms with Crippen LogP contribution in [-0.4, -0.2) is 40.1 Å². The van der Waals surface area contributed by atoms with Gasteiger partial charge in [0.05, 0.1) is 12.6 Å². The van der Waals surface area contributed by atoms with E-state index in [9.17, 15) is 4.79 Å². The number of likely N-dealkylation sites (tertiary alicyclic amines) is 1. The Hall–Kier alpha value is -1.36. The molecule has 1 fully saturated rings. The lowest BCUT2D eigenvalue weighted by Crippen LogP contribution is -2.37. The molecule has 0 saturated carbocycles. The minimum Gasteiger partial charge on any atom is -0.481 e. The second kappa shape index (κ2) is 6.19. The molecule has 106 valence electrons. The van der Waals surface area contributed by atoms with Crippen LogP contribution in [0.5, 0.6) is 0 Å². The largest absolute Gasteiger partial charge is 0.481 e. The molecule has 0 radical (unpaired) electrons. The fourth-order valence-corrected chi connectivity index (χ4v) is 2.52. The van der Waals surface area contributed by atoms with Gasteiger partial charge in [-0.3, -0.25) is 4.79 Å². The van der Waals surface area contributed by atoms with Crippen molar-refractivity contribution in [3.63, 3.8) is 0 Å². The number of hydrogen-bond donors (Lipinski definition) is 1. The van der Waals surface area contributed by atoms with E-state index >= 15 is 0 Å². The fraction of sp³-hybridized carbons (Fsp3) is 0.714. The Morgan fingerprint density at radius 3 is 2.79 bits per heavy atom. The first kappa shape index (κ1) is 14.1. The predicted octanol–water partition coefficient (Wildman–Crippen LogP) is 2.28. The summed E-state index contributed by atoms with van der Waals surface area (Å²) in [5.74, 6) is 1.05. The van der Waals surface area contributed by atoms with Gasteiger partial charge in [0, 0.05) is 18.4 Å². The molecule has 0 amide bonds. The summed E-state index contributed by atoms with van der Waals surface area (Å²) in [5.41, 5.74) is 0. The van der Waals surface area contributed by atoms with Crippen LogP contribution in [0.3, 0.4) is 0 Å². The van der Waals surface area contributed by atoms with Crippen molar-refractivity contribution in [3.8, 4) is 0 Å². The highest BCUT2D eigenvalue weighted by Crippen LogP contribution is 2.28. The highest BCUT2D eigenvalue weighted by atomic mass is 16.4. The maximum absolute atomic E-state index is 10.5. The fourth-order valence-electron chi connectivity index (χ4n) is 2.52. The zero-order valence-corrected chi connectivity index (χ0v) is 11.6. The Morgan fingerprint density at radius 1 is 1.53 bits per heavy atom. The first-order chi connectivity index (χ1) is 9.06. The van der Waals surface area contributed by atoms with E-state index in [4.69, 9.17) is 9.52 Å². The number of carbonyl (C=O) groups is 1. The van der Waals surface area contributed by atoms with Crippen molar-refractivity contribution < 1.29 is 14.3 Å². The third kappa shape index (κ3) is 3.80. The smallest absolute Gasteiger partial charge is 0.303 e. The maximum Gasteiger partial charge on any atom is 0.303 e. The number of aryl methyl sites for hydroxylation is 1. The van der Waals surface area contributed by atoms with Crippen LogP contribution in [0.25, 0.3) is 0 Å². The molecule has 5 heteroatoms. The van der Waals surface area contributed by atoms with Gasteiger partial charge in [-0.15, -0.1) is 0 Å². The molecule has 0 bridgehead atoms. The van der Waals surface area contributed by atoms with Crippen LogP contribution in [0.1, 0.15) is 50.7 Å². The molecule has 1 saturated heterocycles. The molecular weight excluding hydrogens is 244 g/mol. The van der Waals surface area contributed by atoms with Gasteiger partial charge in [-0.1, -0.05) is 0 Å². The lowest BCUT2D eigenvalue weighted by Gasteiger charge is -2.33. The maximum atomic E-state index is 10.5. The quantitative estimate of drug-likeness (QED) is 0.885. The number of oxazole rings is 1. The van der Waals surface area contributed by atoms with Crippen molar-refractivity contribution in [2.45, 2.75) is 51.5 Å². The first-order valence-corrected chi connectivity index (χ1v) is 6.96. The molecule has 2 rings (SSSR count). The molecule has 1 aromatic heterocycles. The van der Waals surface area contributed by atoms with Gasteiger partial charge in [0.1, 0.15) is 5.76 Å². The van der Waals surface area contributed by atoms with E-state index in [1.807, 2.05) is 0 Å². The molecule has 0 spiro atoms. The zero-order valence-electron chi connectivity index (χ0n) is 11.6. The summed E-state index contributed by atoms with van der Waals surface area (Å²) in [6.07, 6.45) is 4.33. The van der Waals surface area contributed by atoms with Crippen molar-refractivity contribution in [3.05, 3.63) is 17.8 Å². The average molecular weight is 266 g/mol. The third-order valence-corrected chi connectivity index (χ3v) is 3.77. The lowest BCUT2D eigenvalue weighted by atomic mass is 9.96. The van der Waals surface area contributed by atoms with Gasteiger partial charge < -0.3 is 14.4 Å². The molecule has 5 nitrogen and oxygen atoms in total. The normalized spacial score (nSPS) is 18.1. The third-order valence-electron chi connectivity index (χ3n) is 3.77. The van der Waals surface area contributed by atoms with Crippen LogP contribution in [0.2, 0.25) is 0 Å². The molecule has 2 heterocycles. The minimum absolute atomic E-state index is 0.0976. The Bertz CT molecular complexity index is 420. The van der Waals surface area contributed by atoms with Gasteiger partial charge in [0.15, 0.2) is 5.89 Å². The van der Waals surface area contributed by atoms with Crippen LogP contribution in [0.4, 0.5) is 0 Å². The number of piperidine rings is 1. The van der Waals surface area contributed by atoms with Crippen LogP contribution < -0.4 is 0 Å². The van der Waals surface area contributed by atoms with Gasteiger partial charge >= 0.3 is 5.97 Å². The van der Waals surface area contributed by atoms with Crippen LogP contribution in [0.15, 0.2) is 10.6 Å². The number of aromatic nitrogens is 1. The summed E-state index contributed by atoms with van der Waals surface area (Å²) < 4.78 is 5.68. The molecule has 0 atom stereocenters. The SMILES string of the molecule is CC(C)N1CCC(c2ncc(CCC(=O)O)o2)CC1. The first-order valence-electron chi connectivity index (χ1n) is 6.96. The van der Waals surface area contributed by atoms with Gasteiger partial charge in [-0.05, 0) is 39.8 Å². The summed E-state index contributed by atoms with van der Waals surface area (Å²) in [5, 5.41) is 8.64. The topological polar surface area (TPSA) is 66.6 Å². The molecule has 0 aromatic carbocycles. The van der Waals surface area contributed by atoms with Crippen LogP contribution in [-0.2, 0) is 11.2 Å². The number of carboxylic acid groups (broad SMARTS) is 1. The summed E-state index contributed by atoms with van der Waals surface area (Å²) in [6.45, 7) is 6.59. The van der Waals surface area contributed by atoms with Gasteiger partial charge in [0.2, 0.25) is 0 Å². The molecule has 1 aliphatic rings. The molecule has 1 aromatic rings. The van der Waals surface area contributed by atoms with E-state index in [2.05, 4.69) is 23.7 Å². The Labute approximate surface area is 113 Å². The lowest BCUT2D eigenvalue weighted by molar-refractivity contribution is -0.137. The Morgan fingerprint density at radius 2 is 2.21 bits per heavy atom. The molecule has 19 heavy (non-hydrogen) atoms. The summed E-state index contributed by atoms with van der Waals surface area (Å²) in [7, 11) is 0. The predicted molar refractivity (Wildman–Crippen MR) is 71.1 cm³/mol. The number of carboxylic acids is 1. The van der Waals surface area contributed by atoms with Gasteiger partial charge in [-0.25, -0.2) is 4.98 Å². The van der Waals surface area contributed by atoms with E-state index in [1.165, 1.54) is 0 Å². The molecule has 1 aliphatic heterocycles. The number of rotatable bonds is 5. The Balaban J connectivity index is 1.88. The Kier molecular flexibility index (Phi) is 4.58. The van der Waals surface area contributed by atoms with Crippen molar-refractivity contribution >= 4 is 5.97 Å². The van der Waals surface area contributed by atoms with Crippen molar-refractivity contribution in [1.82, 2.24) is 9.88 Å². The average Bonchev–Trinajstić information content (AvgIpc) is 2.85. The van der Waals surface area contributed by atoms with Gasteiger partial charge in [0.25, 0.3) is 0 Å².